The highest BCUT2D eigenvalue weighted by atomic mass is 32.1. The van der Waals surface area contributed by atoms with Crippen molar-refractivity contribution in [2.24, 2.45) is 7.05 Å². The number of fused-ring (bicyclic) bond motifs is 1. The van der Waals surface area contributed by atoms with Crippen LogP contribution < -0.4 is 14.8 Å². The van der Waals surface area contributed by atoms with Gasteiger partial charge in [-0.05, 0) is 41.1 Å². The van der Waals surface area contributed by atoms with E-state index in [-0.39, 0.29) is 11.9 Å². The molecule has 1 N–H and O–H groups in total. The van der Waals surface area contributed by atoms with Crippen LogP contribution in [0, 0.1) is 0 Å². The summed E-state index contributed by atoms with van der Waals surface area (Å²) < 4.78 is 11.1. The van der Waals surface area contributed by atoms with E-state index in [2.05, 4.69) is 20.7 Å². The Morgan fingerprint density at radius 3 is 2.83 bits per heavy atom. The third-order valence-corrected chi connectivity index (χ3v) is 4.52. The van der Waals surface area contributed by atoms with Gasteiger partial charge in [0.25, 0.3) is 11.9 Å². The summed E-state index contributed by atoms with van der Waals surface area (Å²) in [5.41, 5.74) is 0.973. The summed E-state index contributed by atoms with van der Waals surface area (Å²) in [4.78, 5) is 15.0. The topological polar surface area (TPSA) is 91.2 Å². The van der Waals surface area contributed by atoms with Crippen molar-refractivity contribution in [1.29, 1.82) is 0 Å². The van der Waals surface area contributed by atoms with Crippen LogP contribution in [0.4, 0.5) is 5.95 Å². The van der Waals surface area contributed by atoms with Gasteiger partial charge in [0.05, 0.1) is 11.9 Å². The monoisotopic (exact) mass is 343 g/mol. The molecule has 0 fully saturated rings. The quantitative estimate of drug-likeness (QED) is 0.782. The van der Waals surface area contributed by atoms with Crippen LogP contribution in [0.25, 0.3) is 10.4 Å². The van der Waals surface area contributed by atoms with Gasteiger partial charge in [0, 0.05) is 4.88 Å². The number of ether oxygens (including phenoxy) is 2. The second kappa shape index (κ2) is 5.93. The minimum Gasteiger partial charge on any atom is -0.486 e. The van der Waals surface area contributed by atoms with Crippen molar-refractivity contribution in [2.45, 2.75) is 0 Å². The number of thiophene rings is 1. The highest BCUT2D eigenvalue weighted by molar-refractivity contribution is 7.17. The van der Waals surface area contributed by atoms with Gasteiger partial charge in [-0.2, -0.15) is 4.80 Å². The Balaban J connectivity index is 1.55. The van der Waals surface area contributed by atoms with Crippen LogP contribution in [0.3, 0.4) is 0 Å². The zero-order valence-electron chi connectivity index (χ0n) is 12.7. The molecule has 0 saturated carbocycles. The molecule has 1 aliphatic heterocycles. The second-order valence-electron chi connectivity index (χ2n) is 5.08. The van der Waals surface area contributed by atoms with Crippen molar-refractivity contribution < 1.29 is 14.3 Å². The van der Waals surface area contributed by atoms with Gasteiger partial charge in [0.1, 0.15) is 13.2 Å². The number of nitrogens with one attached hydrogen (secondary N) is 1. The van der Waals surface area contributed by atoms with Crippen molar-refractivity contribution in [3.63, 3.8) is 0 Å². The summed E-state index contributed by atoms with van der Waals surface area (Å²) in [6.45, 7) is 1.10. The highest BCUT2D eigenvalue weighted by Gasteiger charge is 2.16. The molecule has 8 nitrogen and oxygen atoms in total. The normalized spacial score (nSPS) is 12.9. The Kier molecular flexibility index (Phi) is 3.62. The predicted molar refractivity (Wildman–Crippen MR) is 87.5 cm³/mol. The fourth-order valence-electron chi connectivity index (χ4n) is 2.31. The molecule has 0 unspecified atom stereocenters. The Morgan fingerprint density at radius 1 is 1.21 bits per heavy atom. The smallest absolute Gasteiger partial charge is 0.270 e. The van der Waals surface area contributed by atoms with E-state index in [1.807, 2.05) is 24.3 Å². The van der Waals surface area contributed by atoms with Crippen LogP contribution in [0.15, 0.2) is 30.3 Å². The molecule has 0 spiro atoms. The van der Waals surface area contributed by atoms with Gasteiger partial charge in [-0.15, -0.1) is 16.4 Å². The van der Waals surface area contributed by atoms with Crippen molar-refractivity contribution in [1.82, 2.24) is 20.2 Å². The van der Waals surface area contributed by atoms with Crippen LogP contribution in [0.1, 0.15) is 9.67 Å². The first-order valence-corrected chi connectivity index (χ1v) is 8.06. The van der Waals surface area contributed by atoms with Crippen molar-refractivity contribution >= 4 is 23.2 Å². The van der Waals surface area contributed by atoms with Crippen molar-refractivity contribution in [3.05, 3.63) is 35.2 Å². The number of amides is 1. The summed E-state index contributed by atoms with van der Waals surface area (Å²) in [5.74, 6) is 1.38. The molecule has 0 atom stereocenters. The van der Waals surface area contributed by atoms with E-state index < -0.39 is 0 Å². The Morgan fingerprint density at radius 2 is 2.04 bits per heavy atom. The van der Waals surface area contributed by atoms with E-state index in [4.69, 9.17) is 9.47 Å². The summed E-state index contributed by atoms with van der Waals surface area (Å²) in [6.07, 6.45) is 0. The first-order chi connectivity index (χ1) is 11.7. The number of rotatable bonds is 3. The van der Waals surface area contributed by atoms with Crippen molar-refractivity contribution in [3.8, 4) is 21.9 Å². The minimum atomic E-state index is -0.267. The van der Waals surface area contributed by atoms with Crippen LogP contribution in [0.5, 0.6) is 11.5 Å². The molecule has 0 radical (unpaired) electrons. The van der Waals surface area contributed by atoms with Gasteiger partial charge >= 0.3 is 0 Å². The standard InChI is InChI=1S/C15H13N5O3S/c1-20-18-15(17-19-20)16-14(21)13-5-4-12(24-13)9-2-3-10-11(8-9)23-7-6-22-10/h2-5,8H,6-7H2,1H3,(H,16,18,21). The zero-order chi connectivity index (χ0) is 16.5. The lowest BCUT2D eigenvalue weighted by atomic mass is 10.1. The number of benzene rings is 1. The molecule has 122 valence electrons. The number of tetrazole rings is 1. The van der Waals surface area contributed by atoms with E-state index in [0.29, 0.717) is 18.1 Å². The van der Waals surface area contributed by atoms with E-state index >= 15 is 0 Å². The molecular formula is C15H13N5O3S. The maximum absolute atomic E-state index is 12.2. The summed E-state index contributed by atoms with van der Waals surface area (Å²) >= 11 is 1.38. The Bertz CT molecular complexity index is 904. The fraction of sp³-hybridized carbons (Fsp3) is 0.200. The molecule has 3 aromatic rings. The number of hydrogen-bond donors (Lipinski definition) is 1. The first-order valence-electron chi connectivity index (χ1n) is 7.24. The summed E-state index contributed by atoms with van der Waals surface area (Å²) in [7, 11) is 1.63. The minimum absolute atomic E-state index is 0.178. The van der Waals surface area contributed by atoms with Crippen LogP contribution in [-0.2, 0) is 7.05 Å². The maximum atomic E-state index is 12.2. The van der Waals surface area contributed by atoms with E-state index in [0.717, 1.165) is 21.9 Å². The third-order valence-electron chi connectivity index (χ3n) is 3.39. The molecule has 4 rings (SSSR count). The highest BCUT2D eigenvalue weighted by Crippen LogP contribution is 2.36. The fourth-order valence-corrected chi connectivity index (χ4v) is 3.21. The molecule has 0 bridgehead atoms. The van der Waals surface area contributed by atoms with Gasteiger partial charge in [0.2, 0.25) is 0 Å². The van der Waals surface area contributed by atoms with Crippen molar-refractivity contribution in [2.75, 3.05) is 18.5 Å². The van der Waals surface area contributed by atoms with Gasteiger partial charge in [-0.3, -0.25) is 10.1 Å². The molecule has 2 aromatic heterocycles. The number of hydrogen-bond acceptors (Lipinski definition) is 7. The average molecular weight is 343 g/mol. The molecule has 1 aromatic carbocycles. The van der Waals surface area contributed by atoms with E-state index in [1.54, 1.807) is 13.1 Å². The predicted octanol–water partition coefficient (Wildman–Crippen LogP) is 1.96. The number of aromatic nitrogens is 4. The maximum Gasteiger partial charge on any atom is 0.270 e. The Hall–Kier alpha value is -2.94. The molecular weight excluding hydrogens is 330 g/mol. The molecule has 9 heteroatoms. The number of aryl methyl sites for hydroxylation is 1. The molecule has 1 aliphatic rings. The van der Waals surface area contributed by atoms with Gasteiger partial charge in [-0.1, -0.05) is 5.10 Å². The Labute approximate surface area is 141 Å². The van der Waals surface area contributed by atoms with Crippen LogP contribution >= 0.6 is 11.3 Å². The van der Waals surface area contributed by atoms with Gasteiger partial charge < -0.3 is 9.47 Å². The molecule has 3 heterocycles. The number of anilines is 1. The number of carbonyl (C=O) groups excluding carboxylic acids is 1. The lowest BCUT2D eigenvalue weighted by Gasteiger charge is -2.18. The van der Waals surface area contributed by atoms with Crippen LogP contribution in [-0.4, -0.2) is 39.3 Å². The lowest BCUT2D eigenvalue weighted by Crippen LogP contribution is -2.15. The largest absolute Gasteiger partial charge is 0.486 e. The van der Waals surface area contributed by atoms with E-state index in [1.165, 1.54) is 16.1 Å². The molecule has 24 heavy (non-hydrogen) atoms. The number of carbonyl (C=O) groups is 1. The summed E-state index contributed by atoms with van der Waals surface area (Å²) in [6, 6.07) is 9.42. The summed E-state index contributed by atoms with van der Waals surface area (Å²) in [5, 5.41) is 14.0. The first kappa shape index (κ1) is 14.6. The van der Waals surface area contributed by atoms with E-state index in [9.17, 15) is 4.79 Å². The lowest BCUT2D eigenvalue weighted by molar-refractivity contribution is 0.102. The third kappa shape index (κ3) is 2.81. The zero-order valence-corrected chi connectivity index (χ0v) is 13.5. The molecule has 0 saturated heterocycles. The van der Waals surface area contributed by atoms with Gasteiger partial charge in [-0.25, -0.2) is 0 Å². The van der Waals surface area contributed by atoms with Gasteiger partial charge in [0.15, 0.2) is 11.5 Å². The van der Waals surface area contributed by atoms with Crippen LogP contribution in [0.2, 0.25) is 0 Å². The molecule has 0 aliphatic carbocycles. The molecule has 1 amide bonds. The number of nitrogens with zero attached hydrogens (tertiary/aromatic N) is 4. The SMILES string of the molecule is Cn1nnc(NC(=O)c2ccc(-c3ccc4c(c3)OCCO4)s2)n1. The second-order valence-corrected chi connectivity index (χ2v) is 6.16. The average Bonchev–Trinajstić information content (AvgIpc) is 3.24.